The van der Waals surface area contributed by atoms with E-state index in [-0.39, 0.29) is 23.5 Å². The van der Waals surface area contributed by atoms with Crippen LogP contribution in [-0.4, -0.2) is 56.0 Å². The van der Waals surface area contributed by atoms with Crippen LogP contribution in [0, 0.1) is 0 Å². The molecule has 1 atom stereocenters. The molecular formula is C18H20N2O4S2. The monoisotopic (exact) mass is 392 g/mol. The number of rotatable bonds is 3. The highest BCUT2D eigenvalue weighted by molar-refractivity contribution is 7.91. The van der Waals surface area contributed by atoms with Crippen molar-refractivity contribution >= 4 is 27.1 Å². The Morgan fingerprint density at radius 2 is 2.04 bits per heavy atom. The fourth-order valence-corrected chi connectivity index (χ4v) is 6.38. The third kappa shape index (κ3) is 3.02. The minimum atomic E-state index is -3.07. The molecule has 1 amide bonds. The number of hydrogen-bond acceptors (Lipinski definition) is 6. The van der Waals surface area contributed by atoms with E-state index in [1.807, 2.05) is 30.3 Å². The fraction of sp³-hybridized carbons (Fsp3) is 0.389. The third-order valence-corrected chi connectivity index (χ3v) is 7.68. The van der Waals surface area contributed by atoms with E-state index in [1.165, 1.54) is 11.3 Å². The van der Waals surface area contributed by atoms with E-state index in [2.05, 4.69) is 0 Å². The van der Waals surface area contributed by atoms with Crippen molar-refractivity contribution in [3.05, 3.63) is 40.8 Å². The van der Waals surface area contributed by atoms with Crippen molar-refractivity contribution in [3.63, 3.8) is 0 Å². The van der Waals surface area contributed by atoms with E-state index in [9.17, 15) is 13.2 Å². The van der Waals surface area contributed by atoms with Crippen molar-refractivity contribution in [1.29, 1.82) is 0 Å². The molecule has 0 saturated carbocycles. The SMILES string of the molecule is CN(C)N(C(=O)c1cc2c(s1)-c1ccccc1OC2)C1CCS(=O)(=O)C1. The van der Waals surface area contributed by atoms with Crippen LogP contribution in [0.25, 0.3) is 10.4 Å². The molecule has 1 saturated heterocycles. The van der Waals surface area contributed by atoms with Crippen LogP contribution in [0.15, 0.2) is 30.3 Å². The van der Waals surface area contributed by atoms with Crippen molar-refractivity contribution in [1.82, 2.24) is 10.0 Å². The van der Waals surface area contributed by atoms with Gasteiger partial charge in [0.1, 0.15) is 12.4 Å². The fourth-order valence-electron chi connectivity index (χ4n) is 3.56. The molecule has 1 unspecified atom stereocenters. The molecule has 0 spiro atoms. The average molecular weight is 393 g/mol. The number of ether oxygens (including phenoxy) is 1. The van der Waals surface area contributed by atoms with Gasteiger partial charge in [0, 0.05) is 30.1 Å². The van der Waals surface area contributed by atoms with E-state index >= 15 is 0 Å². The summed E-state index contributed by atoms with van der Waals surface area (Å²) in [6, 6.07) is 9.36. The summed E-state index contributed by atoms with van der Waals surface area (Å²) < 4.78 is 29.5. The molecular weight excluding hydrogens is 372 g/mol. The molecule has 0 bridgehead atoms. The van der Waals surface area contributed by atoms with Gasteiger partial charge >= 0.3 is 0 Å². The van der Waals surface area contributed by atoms with Crippen LogP contribution in [0.3, 0.4) is 0 Å². The Bertz CT molecular complexity index is 965. The van der Waals surface area contributed by atoms with Crippen LogP contribution in [0.2, 0.25) is 0 Å². The Kier molecular flexibility index (Phi) is 4.29. The molecule has 3 heterocycles. The first-order chi connectivity index (χ1) is 12.4. The summed E-state index contributed by atoms with van der Waals surface area (Å²) in [5.74, 6) is 0.826. The molecule has 138 valence electrons. The van der Waals surface area contributed by atoms with E-state index < -0.39 is 9.84 Å². The summed E-state index contributed by atoms with van der Waals surface area (Å²) in [5, 5.41) is 3.27. The Labute approximate surface area is 156 Å². The number of carbonyl (C=O) groups is 1. The lowest BCUT2D eigenvalue weighted by atomic mass is 10.1. The van der Waals surface area contributed by atoms with Gasteiger partial charge in [-0.15, -0.1) is 11.3 Å². The number of benzene rings is 1. The number of carbonyl (C=O) groups excluding carboxylic acids is 1. The van der Waals surface area contributed by atoms with Crippen LogP contribution in [0.4, 0.5) is 0 Å². The minimum Gasteiger partial charge on any atom is -0.488 e. The maximum atomic E-state index is 13.2. The maximum absolute atomic E-state index is 13.2. The molecule has 0 aliphatic carbocycles. The number of hydrazine groups is 1. The zero-order valence-corrected chi connectivity index (χ0v) is 16.3. The van der Waals surface area contributed by atoms with Crippen molar-refractivity contribution in [2.75, 3.05) is 25.6 Å². The largest absolute Gasteiger partial charge is 0.488 e. The summed E-state index contributed by atoms with van der Waals surface area (Å²) in [5.41, 5.74) is 1.99. The van der Waals surface area contributed by atoms with E-state index in [0.29, 0.717) is 17.9 Å². The van der Waals surface area contributed by atoms with Gasteiger partial charge in [-0.3, -0.25) is 9.80 Å². The molecule has 6 nitrogen and oxygen atoms in total. The summed E-state index contributed by atoms with van der Waals surface area (Å²) in [6.45, 7) is 0.440. The van der Waals surface area contributed by atoms with Crippen molar-refractivity contribution in [2.45, 2.75) is 19.1 Å². The van der Waals surface area contributed by atoms with Crippen LogP contribution in [-0.2, 0) is 16.4 Å². The number of para-hydroxylation sites is 1. The Hall–Kier alpha value is -1.90. The lowest BCUT2D eigenvalue weighted by Crippen LogP contribution is -2.49. The molecule has 0 N–H and O–H groups in total. The smallest absolute Gasteiger partial charge is 0.278 e. The van der Waals surface area contributed by atoms with Gasteiger partial charge in [-0.2, -0.15) is 0 Å². The van der Waals surface area contributed by atoms with Crippen LogP contribution in [0.1, 0.15) is 21.7 Å². The summed E-state index contributed by atoms with van der Waals surface area (Å²) in [4.78, 5) is 14.8. The zero-order chi connectivity index (χ0) is 18.5. The Morgan fingerprint density at radius 3 is 2.73 bits per heavy atom. The summed E-state index contributed by atoms with van der Waals surface area (Å²) in [6.07, 6.45) is 0.475. The second-order valence-corrected chi connectivity index (χ2v) is 10.1. The van der Waals surface area contributed by atoms with E-state index in [4.69, 9.17) is 4.74 Å². The van der Waals surface area contributed by atoms with Crippen molar-refractivity contribution in [2.24, 2.45) is 0 Å². The van der Waals surface area contributed by atoms with Gasteiger partial charge in [0.05, 0.1) is 22.4 Å². The van der Waals surface area contributed by atoms with Gasteiger partial charge in [0.2, 0.25) is 0 Å². The molecule has 0 radical (unpaired) electrons. The summed E-state index contributed by atoms with van der Waals surface area (Å²) >= 11 is 1.44. The molecule has 4 rings (SSSR count). The number of hydrogen-bond donors (Lipinski definition) is 0. The van der Waals surface area contributed by atoms with Crippen molar-refractivity contribution < 1.29 is 17.9 Å². The molecule has 8 heteroatoms. The normalized spacial score (nSPS) is 20.3. The standard InChI is InChI=1S/C18H20N2O4S2/c1-19(2)20(13-7-8-26(22,23)11-13)18(21)16-9-12-10-24-15-6-4-3-5-14(15)17(12)25-16/h3-6,9,13H,7-8,10-11H2,1-2H3. The minimum absolute atomic E-state index is 0.0218. The van der Waals surface area contributed by atoms with Gasteiger partial charge in [-0.25, -0.2) is 13.4 Å². The highest BCUT2D eigenvalue weighted by atomic mass is 32.2. The second-order valence-electron chi connectivity index (χ2n) is 6.80. The van der Waals surface area contributed by atoms with E-state index in [1.54, 1.807) is 24.1 Å². The predicted molar refractivity (Wildman–Crippen MR) is 101 cm³/mol. The number of nitrogens with zero attached hydrogens (tertiary/aromatic N) is 2. The molecule has 1 fully saturated rings. The lowest BCUT2D eigenvalue weighted by Gasteiger charge is -2.33. The van der Waals surface area contributed by atoms with Gasteiger partial charge in [0.25, 0.3) is 5.91 Å². The number of thiophene rings is 1. The highest BCUT2D eigenvalue weighted by Gasteiger charge is 2.37. The van der Waals surface area contributed by atoms with Crippen LogP contribution < -0.4 is 4.74 Å². The number of amides is 1. The first-order valence-corrected chi connectivity index (χ1v) is 11.1. The quantitative estimate of drug-likeness (QED) is 0.751. The topological polar surface area (TPSA) is 66.9 Å². The van der Waals surface area contributed by atoms with Crippen molar-refractivity contribution in [3.8, 4) is 16.2 Å². The molecule has 1 aromatic carbocycles. The van der Waals surface area contributed by atoms with Crippen LogP contribution >= 0.6 is 11.3 Å². The third-order valence-electron chi connectivity index (χ3n) is 4.73. The Balaban J connectivity index is 1.68. The summed E-state index contributed by atoms with van der Waals surface area (Å²) in [7, 11) is 0.476. The second kappa shape index (κ2) is 6.37. The number of fused-ring (bicyclic) bond motifs is 3. The van der Waals surface area contributed by atoms with Crippen LogP contribution in [0.5, 0.6) is 5.75 Å². The van der Waals surface area contributed by atoms with Gasteiger partial charge in [-0.1, -0.05) is 12.1 Å². The number of sulfone groups is 1. The first kappa shape index (κ1) is 17.5. The van der Waals surface area contributed by atoms with Gasteiger partial charge < -0.3 is 4.74 Å². The maximum Gasteiger partial charge on any atom is 0.278 e. The molecule has 2 aromatic rings. The average Bonchev–Trinajstić information content (AvgIpc) is 3.18. The molecule has 26 heavy (non-hydrogen) atoms. The van der Waals surface area contributed by atoms with Gasteiger partial charge in [0.15, 0.2) is 9.84 Å². The zero-order valence-electron chi connectivity index (χ0n) is 14.6. The molecule has 2 aliphatic rings. The highest BCUT2D eigenvalue weighted by Crippen LogP contribution is 2.42. The Morgan fingerprint density at radius 1 is 1.27 bits per heavy atom. The first-order valence-electron chi connectivity index (χ1n) is 8.42. The molecule has 2 aliphatic heterocycles. The lowest BCUT2D eigenvalue weighted by molar-refractivity contribution is 0.00147. The predicted octanol–water partition coefficient (Wildman–Crippen LogP) is 2.41. The van der Waals surface area contributed by atoms with E-state index in [0.717, 1.165) is 21.8 Å². The van der Waals surface area contributed by atoms with Gasteiger partial charge in [-0.05, 0) is 24.6 Å². The molecule has 1 aromatic heterocycles.